The minimum absolute atomic E-state index is 0.323. The van der Waals surface area contributed by atoms with E-state index < -0.39 is 22.2 Å². The number of aromatic amines is 2. The van der Waals surface area contributed by atoms with Gasteiger partial charge in [-0.2, -0.15) is 0 Å². The van der Waals surface area contributed by atoms with Gasteiger partial charge in [0.05, 0.1) is 10.8 Å². The lowest BCUT2D eigenvalue weighted by Gasteiger charge is -2.11. The first kappa shape index (κ1) is 13.0. The van der Waals surface area contributed by atoms with Gasteiger partial charge in [0.25, 0.3) is 22.2 Å². The van der Waals surface area contributed by atoms with Gasteiger partial charge >= 0.3 is 0 Å². The smallest absolute Gasteiger partial charge is 0.259 e. The monoisotopic (exact) mass is 316 g/mol. The first-order chi connectivity index (χ1) is 11.6. The lowest BCUT2D eigenvalue weighted by Crippen LogP contribution is -2.23. The summed E-state index contributed by atoms with van der Waals surface area (Å²) in [6.07, 6.45) is 0. The van der Waals surface area contributed by atoms with Crippen LogP contribution in [-0.4, -0.2) is 9.97 Å². The minimum Gasteiger partial charge on any atom is -0.288 e. The van der Waals surface area contributed by atoms with Crippen molar-refractivity contribution in [1.82, 2.24) is 9.97 Å². The van der Waals surface area contributed by atoms with Crippen molar-refractivity contribution in [2.24, 2.45) is 0 Å². The summed E-state index contributed by atoms with van der Waals surface area (Å²) in [6.45, 7) is 0. The highest BCUT2D eigenvalue weighted by atomic mass is 16.2. The summed E-state index contributed by atoms with van der Waals surface area (Å²) < 4.78 is 0. The molecule has 0 bridgehead atoms. The molecule has 0 aliphatic carbocycles. The fourth-order valence-electron chi connectivity index (χ4n) is 3.65. The number of fused-ring (bicyclic) bond motifs is 2. The van der Waals surface area contributed by atoms with Gasteiger partial charge in [0.2, 0.25) is 0 Å². The summed E-state index contributed by atoms with van der Waals surface area (Å²) in [4.78, 5) is 53.9. The number of H-pyrrole nitrogens is 2. The quantitative estimate of drug-likeness (QED) is 0.332. The molecule has 3 aromatic carbocycles. The molecular formula is C18H8N2O4. The molecule has 2 heterocycles. The van der Waals surface area contributed by atoms with Crippen LogP contribution in [0.4, 0.5) is 0 Å². The molecule has 0 aliphatic rings. The predicted molar refractivity (Wildman–Crippen MR) is 92.6 cm³/mol. The Morgan fingerprint density at radius 3 is 1.25 bits per heavy atom. The molecule has 114 valence electrons. The van der Waals surface area contributed by atoms with Crippen molar-refractivity contribution in [2.75, 3.05) is 0 Å². The first-order valence-electron chi connectivity index (χ1n) is 7.30. The van der Waals surface area contributed by atoms with Crippen molar-refractivity contribution in [2.45, 2.75) is 0 Å². The highest BCUT2D eigenvalue weighted by molar-refractivity contribution is 6.32. The third-order valence-corrected chi connectivity index (χ3v) is 4.57. The second kappa shape index (κ2) is 4.05. The molecule has 0 amide bonds. The molecule has 24 heavy (non-hydrogen) atoms. The number of benzene rings is 3. The Kier molecular flexibility index (Phi) is 2.19. The average molecular weight is 316 g/mol. The van der Waals surface area contributed by atoms with Gasteiger partial charge < -0.3 is 0 Å². The van der Waals surface area contributed by atoms with Crippen LogP contribution in [0, 0.1) is 0 Å². The Morgan fingerprint density at radius 1 is 0.458 bits per heavy atom. The predicted octanol–water partition coefficient (Wildman–Crippen LogP) is 1.27. The van der Waals surface area contributed by atoms with E-state index in [-0.39, 0.29) is 0 Å². The molecule has 0 aliphatic heterocycles. The van der Waals surface area contributed by atoms with E-state index >= 15 is 0 Å². The van der Waals surface area contributed by atoms with Crippen molar-refractivity contribution < 1.29 is 0 Å². The average Bonchev–Trinajstić information content (AvgIpc) is 2.56. The lowest BCUT2D eigenvalue weighted by atomic mass is 9.92. The van der Waals surface area contributed by atoms with E-state index in [1.54, 1.807) is 36.4 Å². The third-order valence-electron chi connectivity index (χ3n) is 4.57. The molecule has 6 nitrogen and oxygen atoms in total. The summed E-state index contributed by atoms with van der Waals surface area (Å²) >= 11 is 0. The van der Waals surface area contributed by atoms with Gasteiger partial charge in [0, 0.05) is 21.5 Å². The molecule has 2 N–H and O–H groups in total. The van der Waals surface area contributed by atoms with E-state index in [9.17, 15) is 19.2 Å². The van der Waals surface area contributed by atoms with Gasteiger partial charge in [-0.05, 0) is 22.9 Å². The number of nitrogens with one attached hydrogen (secondary N) is 2. The maximum atomic E-state index is 12.5. The van der Waals surface area contributed by atoms with Crippen molar-refractivity contribution in [1.29, 1.82) is 0 Å². The van der Waals surface area contributed by atoms with Crippen LogP contribution in [0.1, 0.15) is 0 Å². The van der Waals surface area contributed by atoms with Crippen LogP contribution < -0.4 is 22.2 Å². The van der Waals surface area contributed by atoms with E-state index in [2.05, 4.69) is 9.97 Å². The van der Waals surface area contributed by atoms with Crippen molar-refractivity contribution in [3.63, 3.8) is 0 Å². The van der Waals surface area contributed by atoms with Crippen LogP contribution in [0.3, 0.4) is 0 Å². The van der Waals surface area contributed by atoms with Crippen LogP contribution in [-0.2, 0) is 0 Å². The van der Waals surface area contributed by atoms with Crippen LogP contribution in [0.25, 0.3) is 43.1 Å². The SMILES string of the molecule is O=c1[nH]c(=O)c2c3cccc4c(=O)[nH]c(=O)c(c5cccc1c52)c43. The minimum atomic E-state index is -0.522. The zero-order valence-corrected chi connectivity index (χ0v) is 12.1. The zero-order chi connectivity index (χ0) is 16.6. The number of hydrogen-bond acceptors (Lipinski definition) is 4. The van der Waals surface area contributed by atoms with E-state index in [0.29, 0.717) is 43.1 Å². The molecule has 0 spiro atoms. The van der Waals surface area contributed by atoms with Crippen molar-refractivity contribution in [3.05, 3.63) is 77.8 Å². The highest BCUT2D eigenvalue weighted by Gasteiger charge is 2.19. The standard InChI is InChI=1S/C18H8N2O4/c21-15-9-5-1-3-7-11(9)14(18(24)19-15)8-4-2-6-10-12(8)13(7)17(23)20-16(10)22/h1-6H,(H,19,21,24)(H,20,22,23). The molecule has 0 saturated heterocycles. The number of rotatable bonds is 0. The van der Waals surface area contributed by atoms with E-state index in [1.807, 2.05) is 0 Å². The second-order valence-corrected chi connectivity index (χ2v) is 5.77. The fraction of sp³-hybridized carbons (Fsp3) is 0. The lowest BCUT2D eigenvalue weighted by molar-refractivity contribution is 1.22. The van der Waals surface area contributed by atoms with E-state index in [1.165, 1.54) is 0 Å². The maximum absolute atomic E-state index is 12.5. The van der Waals surface area contributed by atoms with Gasteiger partial charge in [-0.25, -0.2) is 0 Å². The van der Waals surface area contributed by atoms with Gasteiger partial charge in [0.1, 0.15) is 0 Å². The maximum Gasteiger partial charge on any atom is 0.259 e. The molecule has 0 unspecified atom stereocenters. The summed E-state index contributed by atoms with van der Waals surface area (Å²) in [5.74, 6) is 0. The summed E-state index contributed by atoms with van der Waals surface area (Å²) in [5.41, 5.74) is -2.03. The molecular weight excluding hydrogens is 308 g/mol. The Bertz CT molecular complexity index is 1410. The van der Waals surface area contributed by atoms with Gasteiger partial charge in [-0.15, -0.1) is 0 Å². The van der Waals surface area contributed by atoms with Crippen LogP contribution >= 0.6 is 0 Å². The largest absolute Gasteiger partial charge is 0.288 e. The number of pyridine rings is 2. The second-order valence-electron chi connectivity index (χ2n) is 5.77. The van der Waals surface area contributed by atoms with Crippen LogP contribution in [0.5, 0.6) is 0 Å². The zero-order valence-electron chi connectivity index (χ0n) is 12.1. The van der Waals surface area contributed by atoms with Gasteiger partial charge in [-0.1, -0.05) is 24.3 Å². The molecule has 5 rings (SSSR count). The summed E-state index contributed by atoms with van der Waals surface area (Å²) in [7, 11) is 0. The number of aromatic nitrogens is 2. The first-order valence-corrected chi connectivity index (χ1v) is 7.30. The third kappa shape index (κ3) is 1.35. The molecule has 0 fully saturated rings. The van der Waals surface area contributed by atoms with Gasteiger partial charge in [-0.3, -0.25) is 29.1 Å². The molecule has 0 atom stereocenters. The molecule has 2 aromatic heterocycles. The van der Waals surface area contributed by atoms with Crippen molar-refractivity contribution >= 4 is 43.1 Å². The van der Waals surface area contributed by atoms with E-state index in [4.69, 9.17) is 0 Å². The molecule has 0 saturated carbocycles. The fourth-order valence-corrected chi connectivity index (χ4v) is 3.65. The number of hydrogen-bond donors (Lipinski definition) is 2. The highest BCUT2D eigenvalue weighted by Crippen LogP contribution is 2.34. The van der Waals surface area contributed by atoms with Crippen LogP contribution in [0.15, 0.2) is 55.6 Å². The van der Waals surface area contributed by atoms with Crippen LogP contribution in [0.2, 0.25) is 0 Å². The summed E-state index contributed by atoms with van der Waals surface area (Å²) in [6, 6.07) is 9.92. The Hall–Kier alpha value is -3.54. The molecule has 6 heteroatoms. The molecule has 5 aromatic rings. The topological polar surface area (TPSA) is 99.9 Å². The van der Waals surface area contributed by atoms with Gasteiger partial charge in [0.15, 0.2) is 0 Å². The Balaban J connectivity index is 2.42. The van der Waals surface area contributed by atoms with E-state index in [0.717, 1.165) is 0 Å². The Morgan fingerprint density at radius 2 is 0.833 bits per heavy atom. The Labute approximate surface area is 131 Å². The summed E-state index contributed by atoms with van der Waals surface area (Å²) in [5, 5.41) is 3.23. The van der Waals surface area contributed by atoms with Crippen molar-refractivity contribution in [3.8, 4) is 0 Å². The normalized spacial score (nSPS) is 12.0. The molecule has 0 radical (unpaired) electrons.